The maximum absolute atomic E-state index is 14.3. The monoisotopic (exact) mass is 428 g/mol. The van der Waals surface area contributed by atoms with E-state index in [2.05, 4.69) is 43.1 Å². The molecule has 0 atom stereocenters. The second kappa shape index (κ2) is 10.6. The van der Waals surface area contributed by atoms with Crippen molar-refractivity contribution < 1.29 is 19.0 Å². The predicted molar refractivity (Wildman–Crippen MR) is 122 cm³/mol. The Kier molecular flexibility index (Phi) is 7.91. The van der Waals surface area contributed by atoms with Crippen molar-refractivity contribution in [3.63, 3.8) is 0 Å². The van der Waals surface area contributed by atoms with Crippen LogP contribution in [0.5, 0.6) is 0 Å². The number of rotatable bonds is 10. The number of halogens is 1. The number of carboxylic acid groups (broad SMARTS) is 1. The van der Waals surface area contributed by atoms with Crippen LogP contribution in [0.3, 0.4) is 0 Å². The van der Waals surface area contributed by atoms with Gasteiger partial charge >= 0.3 is 5.97 Å². The average Bonchev–Trinajstić information content (AvgIpc) is 2.72. The van der Waals surface area contributed by atoms with E-state index >= 15 is 0 Å². The molecule has 0 saturated heterocycles. The third-order valence-corrected chi connectivity index (χ3v) is 5.77. The topological polar surface area (TPSA) is 61.8 Å². The molecule has 0 amide bonds. The Labute approximate surface area is 184 Å². The number of nitrogens with zero attached hydrogens (tertiary/aromatic N) is 1. The molecule has 6 heteroatoms. The van der Waals surface area contributed by atoms with E-state index in [0.717, 1.165) is 25.9 Å². The molecular weight excluding hydrogens is 395 g/mol. The van der Waals surface area contributed by atoms with Crippen LogP contribution in [0.1, 0.15) is 48.9 Å². The standard InChI is InChI=1S/C25H33FN2O3/c1-17(2)31-14-13-28-12-4-5-20-6-7-21(18(3)25(20)28)16-27-22-10-8-19(23(26)15-22)9-11-24(29)30/h6-8,10,15,17,27H,4-5,9,11-14,16H2,1-3H3,(H,29,30). The minimum absolute atomic E-state index is 0.0727. The Hall–Kier alpha value is -2.60. The van der Waals surface area contributed by atoms with Crippen LogP contribution in [0.15, 0.2) is 30.3 Å². The molecule has 2 aromatic carbocycles. The average molecular weight is 429 g/mol. The number of carboxylic acids is 1. The highest BCUT2D eigenvalue weighted by atomic mass is 19.1. The molecule has 0 fully saturated rings. The Morgan fingerprint density at radius 1 is 1.26 bits per heavy atom. The van der Waals surface area contributed by atoms with E-state index in [1.165, 1.54) is 28.4 Å². The maximum atomic E-state index is 14.3. The zero-order chi connectivity index (χ0) is 22.4. The van der Waals surface area contributed by atoms with Crippen molar-refractivity contribution in [3.8, 4) is 0 Å². The van der Waals surface area contributed by atoms with E-state index in [1.807, 2.05) is 6.07 Å². The smallest absolute Gasteiger partial charge is 0.303 e. The fourth-order valence-corrected chi connectivity index (χ4v) is 4.12. The third kappa shape index (κ3) is 6.20. The van der Waals surface area contributed by atoms with Crippen molar-refractivity contribution in [2.24, 2.45) is 0 Å². The van der Waals surface area contributed by atoms with Gasteiger partial charge in [0.1, 0.15) is 5.82 Å². The van der Waals surface area contributed by atoms with Gasteiger partial charge in [0, 0.05) is 37.4 Å². The number of fused-ring (bicyclic) bond motifs is 1. The van der Waals surface area contributed by atoms with Crippen molar-refractivity contribution in [2.75, 3.05) is 29.9 Å². The number of nitrogens with one attached hydrogen (secondary N) is 1. The SMILES string of the molecule is Cc1c(CNc2ccc(CCC(=O)O)c(F)c2)ccc2c1N(CCOC(C)C)CCC2. The van der Waals surface area contributed by atoms with Crippen LogP contribution in [0.2, 0.25) is 0 Å². The Morgan fingerprint density at radius 3 is 2.74 bits per heavy atom. The molecule has 0 bridgehead atoms. The first-order chi connectivity index (χ1) is 14.8. The van der Waals surface area contributed by atoms with Gasteiger partial charge in [-0.05, 0) is 74.4 Å². The number of aryl methyl sites for hydroxylation is 2. The van der Waals surface area contributed by atoms with Crippen molar-refractivity contribution >= 4 is 17.3 Å². The van der Waals surface area contributed by atoms with Crippen LogP contribution in [-0.4, -0.2) is 36.9 Å². The fourth-order valence-electron chi connectivity index (χ4n) is 4.12. The zero-order valence-electron chi connectivity index (χ0n) is 18.7. The summed E-state index contributed by atoms with van der Waals surface area (Å²) in [6.07, 6.45) is 2.60. The lowest BCUT2D eigenvalue weighted by molar-refractivity contribution is -0.136. The van der Waals surface area contributed by atoms with Gasteiger partial charge in [0.15, 0.2) is 0 Å². The van der Waals surface area contributed by atoms with Crippen molar-refractivity contribution in [1.82, 2.24) is 0 Å². The fraction of sp³-hybridized carbons (Fsp3) is 0.480. The molecule has 0 radical (unpaired) electrons. The Bertz CT molecular complexity index is 914. The summed E-state index contributed by atoms with van der Waals surface area (Å²) in [7, 11) is 0. The molecule has 1 aliphatic heterocycles. The number of hydrogen-bond acceptors (Lipinski definition) is 4. The van der Waals surface area contributed by atoms with Gasteiger partial charge in [-0.3, -0.25) is 4.79 Å². The predicted octanol–water partition coefficient (Wildman–Crippen LogP) is 4.94. The first-order valence-corrected chi connectivity index (χ1v) is 11.1. The summed E-state index contributed by atoms with van der Waals surface area (Å²) in [6, 6.07) is 9.29. The van der Waals surface area contributed by atoms with E-state index in [0.29, 0.717) is 24.4 Å². The number of carbonyl (C=O) groups is 1. The minimum atomic E-state index is -0.922. The molecule has 0 aliphatic carbocycles. The largest absolute Gasteiger partial charge is 0.481 e. The first kappa shape index (κ1) is 23.1. The summed E-state index contributed by atoms with van der Waals surface area (Å²) in [5.41, 5.74) is 6.26. The van der Waals surface area contributed by atoms with E-state index in [1.54, 1.807) is 6.07 Å². The molecule has 1 aliphatic rings. The second-order valence-corrected chi connectivity index (χ2v) is 8.42. The number of hydrogen-bond donors (Lipinski definition) is 2. The normalized spacial score (nSPS) is 13.4. The van der Waals surface area contributed by atoms with Gasteiger partial charge in [-0.25, -0.2) is 4.39 Å². The molecule has 2 aromatic rings. The Morgan fingerprint density at radius 2 is 2.03 bits per heavy atom. The molecule has 168 valence electrons. The van der Waals surface area contributed by atoms with Gasteiger partial charge in [-0.2, -0.15) is 0 Å². The molecule has 5 nitrogen and oxygen atoms in total. The second-order valence-electron chi connectivity index (χ2n) is 8.42. The molecule has 2 N–H and O–H groups in total. The minimum Gasteiger partial charge on any atom is -0.481 e. The Balaban J connectivity index is 1.69. The van der Waals surface area contributed by atoms with Gasteiger partial charge in [0.05, 0.1) is 12.7 Å². The zero-order valence-corrected chi connectivity index (χ0v) is 18.7. The number of aliphatic carboxylic acids is 1. The van der Waals surface area contributed by atoms with Crippen molar-refractivity contribution in [2.45, 2.75) is 59.1 Å². The van der Waals surface area contributed by atoms with Crippen molar-refractivity contribution in [3.05, 3.63) is 58.4 Å². The van der Waals surface area contributed by atoms with Crippen LogP contribution >= 0.6 is 0 Å². The van der Waals surface area contributed by atoms with E-state index in [-0.39, 0.29) is 24.8 Å². The summed E-state index contributed by atoms with van der Waals surface area (Å²) in [5, 5.41) is 12.1. The highest BCUT2D eigenvalue weighted by Gasteiger charge is 2.20. The summed E-state index contributed by atoms with van der Waals surface area (Å²) < 4.78 is 20.1. The van der Waals surface area contributed by atoms with Gasteiger partial charge < -0.3 is 20.1 Å². The van der Waals surface area contributed by atoms with Crippen LogP contribution in [0.4, 0.5) is 15.8 Å². The lowest BCUT2D eigenvalue weighted by atomic mass is 9.94. The number of anilines is 2. The summed E-state index contributed by atoms with van der Waals surface area (Å²) >= 11 is 0. The van der Waals surface area contributed by atoms with Gasteiger partial charge in [0.25, 0.3) is 0 Å². The lowest BCUT2D eigenvalue weighted by Crippen LogP contribution is -2.34. The number of benzene rings is 2. The van der Waals surface area contributed by atoms with Crippen molar-refractivity contribution in [1.29, 1.82) is 0 Å². The molecule has 0 unspecified atom stereocenters. The third-order valence-electron chi connectivity index (χ3n) is 5.77. The quantitative estimate of drug-likeness (QED) is 0.561. The summed E-state index contributed by atoms with van der Waals surface area (Å²) in [5.74, 6) is -1.29. The molecule has 0 aromatic heterocycles. The molecule has 0 saturated carbocycles. The van der Waals surface area contributed by atoms with Crippen LogP contribution in [0.25, 0.3) is 0 Å². The summed E-state index contributed by atoms with van der Waals surface area (Å²) in [6.45, 7) is 9.51. The van der Waals surface area contributed by atoms with Crippen LogP contribution in [-0.2, 0) is 28.9 Å². The summed E-state index contributed by atoms with van der Waals surface area (Å²) in [4.78, 5) is 13.1. The molecule has 3 rings (SSSR count). The van der Waals surface area contributed by atoms with Crippen LogP contribution in [0, 0.1) is 12.7 Å². The van der Waals surface area contributed by atoms with Gasteiger partial charge in [-0.15, -0.1) is 0 Å². The maximum Gasteiger partial charge on any atom is 0.303 e. The van der Waals surface area contributed by atoms with E-state index in [9.17, 15) is 9.18 Å². The van der Waals surface area contributed by atoms with E-state index < -0.39 is 5.97 Å². The highest BCUT2D eigenvalue weighted by molar-refractivity contribution is 5.67. The van der Waals surface area contributed by atoms with E-state index in [4.69, 9.17) is 9.84 Å². The molecule has 31 heavy (non-hydrogen) atoms. The lowest BCUT2D eigenvalue weighted by Gasteiger charge is -2.34. The van der Waals surface area contributed by atoms with Crippen LogP contribution < -0.4 is 10.2 Å². The molecular formula is C25H33FN2O3. The first-order valence-electron chi connectivity index (χ1n) is 11.1. The van der Waals surface area contributed by atoms with Gasteiger partial charge in [0.2, 0.25) is 0 Å². The molecule has 1 heterocycles. The van der Waals surface area contributed by atoms with Gasteiger partial charge in [-0.1, -0.05) is 18.2 Å². The number of ether oxygens (including phenoxy) is 1. The highest BCUT2D eigenvalue weighted by Crippen LogP contribution is 2.33. The molecule has 0 spiro atoms.